The summed E-state index contributed by atoms with van der Waals surface area (Å²) >= 11 is 0. The Morgan fingerprint density at radius 3 is 2.50 bits per heavy atom. The first-order chi connectivity index (χ1) is 18.9. The van der Waals surface area contributed by atoms with Gasteiger partial charge in [-0.3, -0.25) is 9.69 Å². The van der Waals surface area contributed by atoms with Crippen molar-refractivity contribution >= 4 is 11.6 Å². The van der Waals surface area contributed by atoms with Crippen LogP contribution in [0.4, 0.5) is 32.0 Å². The summed E-state index contributed by atoms with van der Waals surface area (Å²) in [6, 6.07) is 12.2. The van der Waals surface area contributed by atoms with Crippen molar-refractivity contribution in [3.63, 3.8) is 0 Å². The number of rotatable bonds is 9. The summed E-state index contributed by atoms with van der Waals surface area (Å²) in [7, 11) is 0. The molecule has 1 unspecified atom stereocenters. The average molecular weight is 566 g/mol. The zero-order chi connectivity index (χ0) is 28.9. The van der Waals surface area contributed by atoms with Crippen LogP contribution in [0.5, 0.6) is 0 Å². The van der Waals surface area contributed by atoms with Crippen molar-refractivity contribution in [1.82, 2.24) is 14.9 Å². The van der Waals surface area contributed by atoms with Crippen molar-refractivity contribution in [1.29, 1.82) is 5.26 Å². The van der Waals surface area contributed by atoms with Crippen LogP contribution in [0, 0.1) is 11.3 Å². The third-order valence-corrected chi connectivity index (χ3v) is 6.60. The molecule has 1 saturated heterocycles. The smallest absolute Gasteiger partial charge is 0.372 e. The van der Waals surface area contributed by atoms with E-state index in [1.165, 1.54) is 23.4 Å². The lowest BCUT2D eigenvalue weighted by molar-refractivity contribution is -0.174. The number of aromatic nitrogens is 2. The third-order valence-electron chi connectivity index (χ3n) is 6.60. The van der Waals surface area contributed by atoms with Gasteiger partial charge in [0, 0.05) is 31.1 Å². The number of carbonyl (C=O) groups is 1. The van der Waals surface area contributed by atoms with E-state index in [4.69, 9.17) is 10.00 Å². The zero-order valence-corrected chi connectivity index (χ0v) is 21.0. The van der Waals surface area contributed by atoms with E-state index in [1.54, 1.807) is 35.4 Å². The Morgan fingerprint density at radius 2 is 1.88 bits per heavy atom. The van der Waals surface area contributed by atoms with Gasteiger partial charge in [0.25, 0.3) is 0 Å². The number of carbonyl (C=O) groups excluding carboxylic acids is 1. The Hall–Kier alpha value is -3.89. The molecular weight excluding hydrogens is 540 g/mol. The molecule has 4 rings (SSSR count). The van der Waals surface area contributed by atoms with Crippen LogP contribution in [0.2, 0.25) is 0 Å². The van der Waals surface area contributed by atoms with Crippen molar-refractivity contribution in [2.45, 2.75) is 37.3 Å². The number of H-pyrrole nitrogens is 1. The van der Waals surface area contributed by atoms with Gasteiger partial charge in [-0.15, -0.1) is 0 Å². The SMILES string of the molecule is N#Cc1ccc(CC(c2c[nH]cn2)N2CC(=O)N(c3cccc(C(F)(F)F)c3)C[C@@H]2CCOCC(F)(F)F)cc1. The maximum Gasteiger partial charge on any atom is 0.416 e. The summed E-state index contributed by atoms with van der Waals surface area (Å²) in [6.45, 7) is -2.00. The molecule has 40 heavy (non-hydrogen) atoms. The normalized spacial score (nSPS) is 17.6. The van der Waals surface area contributed by atoms with Gasteiger partial charge in [-0.1, -0.05) is 18.2 Å². The molecule has 1 amide bonds. The standard InChI is InChI=1S/C27H25F6N5O2/c28-26(29,30)16-40-9-8-22-14-38(21-3-1-2-20(11-21)27(31,32)33)25(39)15-37(22)24(23-13-35-17-36-23)10-18-4-6-19(12-34)7-5-18/h1-7,11,13,17,22,24H,8-10,14-16H2,(H,35,36)/t22-,24?/m0/s1. The van der Waals surface area contributed by atoms with Gasteiger partial charge in [0.15, 0.2) is 0 Å². The number of hydrogen-bond donors (Lipinski definition) is 1. The summed E-state index contributed by atoms with van der Waals surface area (Å²) in [5, 5.41) is 9.10. The van der Waals surface area contributed by atoms with Crippen LogP contribution in [0.3, 0.4) is 0 Å². The van der Waals surface area contributed by atoms with Crippen molar-refractivity contribution in [2.75, 3.05) is 31.2 Å². The minimum atomic E-state index is -4.61. The maximum atomic E-state index is 13.3. The minimum Gasteiger partial charge on any atom is -0.372 e. The lowest BCUT2D eigenvalue weighted by Crippen LogP contribution is -2.58. The molecule has 0 saturated carbocycles. The number of alkyl halides is 6. The van der Waals surface area contributed by atoms with Gasteiger partial charge in [0.2, 0.25) is 5.91 Å². The molecule has 0 bridgehead atoms. The van der Waals surface area contributed by atoms with E-state index in [0.29, 0.717) is 17.7 Å². The zero-order valence-electron chi connectivity index (χ0n) is 21.0. The highest BCUT2D eigenvalue weighted by Gasteiger charge is 2.39. The topological polar surface area (TPSA) is 85.2 Å². The molecule has 1 aliphatic heterocycles. The van der Waals surface area contributed by atoms with E-state index in [2.05, 4.69) is 9.97 Å². The fourth-order valence-electron chi connectivity index (χ4n) is 4.70. The Bertz CT molecular complexity index is 1320. The number of ether oxygens (including phenoxy) is 1. The van der Waals surface area contributed by atoms with Crippen LogP contribution in [-0.2, 0) is 22.1 Å². The second-order valence-corrected chi connectivity index (χ2v) is 9.36. The van der Waals surface area contributed by atoms with E-state index in [9.17, 15) is 31.1 Å². The molecule has 13 heteroatoms. The molecule has 7 nitrogen and oxygen atoms in total. The van der Waals surface area contributed by atoms with E-state index >= 15 is 0 Å². The Labute approximate surface area is 226 Å². The molecule has 212 valence electrons. The largest absolute Gasteiger partial charge is 0.416 e. The average Bonchev–Trinajstić information content (AvgIpc) is 3.44. The molecule has 1 fully saturated rings. The highest BCUT2D eigenvalue weighted by atomic mass is 19.4. The van der Waals surface area contributed by atoms with Gasteiger partial charge in [0.05, 0.1) is 41.8 Å². The molecule has 0 radical (unpaired) electrons. The predicted octanol–water partition coefficient (Wildman–Crippen LogP) is 5.27. The van der Waals surface area contributed by atoms with Gasteiger partial charge in [-0.2, -0.15) is 31.6 Å². The Morgan fingerprint density at radius 1 is 1.12 bits per heavy atom. The molecular formula is C27H25F6N5O2. The highest BCUT2D eigenvalue weighted by molar-refractivity contribution is 5.95. The monoisotopic (exact) mass is 565 g/mol. The van der Waals surface area contributed by atoms with Crippen LogP contribution >= 0.6 is 0 Å². The molecule has 0 spiro atoms. The van der Waals surface area contributed by atoms with E-state index < -0.39 is 42.5 Å². The van der Waals surface area contributed by atoms with Gasteiger partial charge >= 0.3 is 12.4 Å². The molecule has 2 aromatic carbocycles. The van der Waals surface area contributed by atoms with Gasteiger partial charge in [-0.05, 0) is 48.7 Å². The lowest BCUT2D eigenvalue weighted by Gasteiger charge is -2.44. The number of halogens is 6. The summed E-state index contributed by atoms with van der Waals surface area (Å²) in [5.41, 5.74) is 0.993. The number of nitrogens with one attached hydrogen (secondary N) is 1. The van der Waals surface area contributed by atoms with Crippen molar-refractivity contribution in [3.8, 4) is 6.07 Å². The van der Waals surface area contributed by atoms with Crippen molar-refractivity contribution < 1.29 is 35.9 Å². The lowest BCUT2D eigenvalue weighted by atomic mass is 9.96. The van der Waals surface area contributed by atoms with Gasteiger partial charge < -0.3 is 14.6 Å². The second kappa shape index (κ2) is 12.1. The number of amides is 1. The van der Waals surface area contributed by atoms with Crippen LogP contribution in [0.1, 0.15) is 34.8 Å². The first-order valence-electron chi connectivity index (χ1n) is 12.3. The third kappa shape index (κ3) is 7.40. The fraction of sp³-hybridized carbons (Fsp3) is 0.370. The predicted molar refractivity (Wildman–Crippen MR) is 132 cm³/mol. The molecule has 1 aliphatic rings. The second-order valence-electron chi connectivity index (χ2n) is 9.36. The van der Waals surface area contributed by atoms with Crippen LogP contribution in [-0.4, -0.2) is 59.3 Å². The van der Waals surface area contributed by atoms with Crippen molar-refractivity contribution in [2.24, 2.45) is 0 Å². The van der Waals surface area contributed by atoms with Gasteiger partial charge in [-0.25, -0.2) is 4.98 Å². The van der Waals surface area contributed by atoms with Crippen LogP contribution < -0.4 is 4.90 Å². The number of aromatic amines is 1. The molecule has 1 aromatic heterocycles. The number of nitriles is 1. The van der Waals surface area contributed by atoms with Crippen molar-refractivity contribution in [3.05, 3.63) is 83.4 Å². The summed E-state index contributed by atoms with van der Waals surface area (Å²) in [6.07, 6.45) is -5.59. The van der Waals surface area contributed by atoms with Crippen LogP contribution in [0.15, 0.2) is 61.1 Å². The number of piperazine rings is 1. The molecule has 2 atom stereocenters. The highest BCUT2D eigenvalue weighted by Crippen LogP contribution is 2.35. The Balaban J connectivity index is 1.63. The number of hydrogen-bond acceptors (Lipinski definition) is 5. The molecule has 2 heterocycles. The quantitative estimate of drug-likeness (QED) is 0.282. The molecule has 0 aliphatic carbocycles. The maximum absolute atomic E-state index is 13.3. The van der Waals surface area contributed by atoms with Crippen LogP contribution in [0.25, 0.3) is 0 Å². The number of anilines is 1. The first-order valence-corrected chi connectivity index (χ1v) is 12.3. The van der Waals surface area contributed by atoms with E-state index in [0.717, 1.165) is 17.7 Å². The van der Waals surface area contributed by atoms with E-state index in [-0.39, 0.29) is 31.8 Å². The number of imidazole rings is 1. The fourth-order valence-corrected chi connectivity index (χ4v) is 4.70. The first kappa shape index (κ1) is 29.1. The number of nitrogens with zero attached hydrogens (tertiary/aromatic N) is 4. The summed E-state index contributed by atoms with van der Waals surface area (Å²) in [5.74, 6) is -0.466. The van der Waals surface area contributed by atoms with Gasteiger partial charge in [0.1, 0.15) is 6.61 Å². The summed E-state index contributed by atoms with van der Waals surface area (Å²) in [4.78, 5) is 23.6. The summed E-state index contributed by atoms with van der Waals surface area (Å²) < 4.78 is 82.9. The number of benzene rings is 2. The minimum absolute atomic E-state index is 0.0455. The van der Waals surface area contributed by atoms with E-state index in [1.807, 2.05) is 6.07 Å². The molecule has 1 N–H and O–H groups in total. The molecule has 3 aromatic rings. The Kier molecular flexibility index (Phi) is 8.80.